The molecular weight excluding hydrogens is 150 g/mol. The first-order valence-electron chi connectivity index (χ1n) is 4.66. The van der Waals surface area contributed by atoms with Crippen molar-refractivity contribution in [3.63, 3.8) is 0 Å². The Morgan fingerprint density at radius 3 is 2.00 bits per heavy atom. The van der Waals surface area contributed by atoms with E-state index in [0.717, 1.165) is 12.8 Å². The lowest BCUT2D eigenvalue weighted by Gasteiger charge is -2.37. The van der Waals surface area contributed by atoms with E-state index in [1.54, 1.807) is 0 Å². The van der Waals surface area contributed by atoms with Crippen molar-refractivity contribution in [3.05, 3.63) is 0 Å². The summed E-state index contributed by atoms with van der Waals surface area (Å²) in [4.78, 5) is 11.7. The molecule has 2 saturated carbocycles. The van der Waals surface area contributed by atoms with Gasteiger partial charge in [-0.25, -0.2) is 0 Å². The highest BCUT2D eigenvalue weighted by molar-refractivity contribution is 5.91. The lowest BCUT2D eigenvalue weighted by atomic mass is 9.69. The second-order valence-corrected chi connectivity index (χ2v) is 5.21. The molecule has 0 spiro atoms. The Morgan fingerprint density at radius 1 is 1.25 bits per heavy atom. The van der Waals surface area contributed by atoms with Crippen molar-refractivity contribution >= 4 is 5.78 Å². The molecule has 2 aliphatic carbocycles. The van der Waals surface area contributed by atoms with Gasteiger partial charge in [0.25, 0.3) is 0 Å². The maximum Gasteiger partial charge on any atom is 0.141 e. The minimum Gasteiger partial charge on any atom is -0.324 e. The number of Topliss-reactive ketones (excluding diaryl/α,β-unsaturated/α-hetero) is 1. The molecule has 12 heavy (non-hydrogen) atoms. The fourth-order valence-corrected chi connectivity index (χ4v) is 2.93. The van der Waals surface area contributed by atoms with E-state index in [9.17, 15) is 4.79 Å². The molecule has 0 saturated heterocycles. The van der Waals surface area contributed by atoms with Crippen molar-refractivity contribution in [2.24, 2.45) is 16.6 Å². The third-order valence-corrected chi connectivity index (χ3v) is 4.79. The SMILES string of the molecule is CC12CCC(N)(CC1=O)C2(C)C. The minimum atomic E-state index is -0.209. The highest BCUT2D eigenvalue weighted by Crippen LogP contribution is 2.64. The van der Waals surface area contributed by atoms with Gasteiger partial charge in [0.05, 0.1) is 0 Å². The van der Waals surface area contributed by atoms with Crippen molar-refractivity contribution in [1.29, 1.82) is 0 Å². The predicted molar refractivity (Wildman–Crippen MR) is 47.7 cm³/mol. The van der Waals surface area contributed by atoms with Gasteiger partial charge in [0, 0.05) is 17.4 Å². The van der Waals surface area contributed by atoms with Crippen LogP contribution in [0.25, 0.3) is 0 Å². The highest BCUT2D eigenvalue weighted by atomic mass is 16.1. The molecule has 2 nitrogen and oxygen atoms in total. The second-order valence-electron chi connectivity index (χ2n) is 5.21. The van der Waals surface area contributed by atoms with Crippen LogP contribution in [0.2, 0.25) is 0 Å². The summed E-state index contributed by atoms with van der Waals surface area (Å²) in [6, 6.07) is 0. The molecule has 0 aromatic carbocycles. The van der Waals surface area contributed by atoms with Crippen LogP contribution >= 0.6 is 0 Å². The standard InChI is InChI=1S/C10H17NO/c1-8(2)9(3)4-5-10(8,11)6-7(9)12/h4-6,11H2,1-3H3. The van der Waals surface area contributed by atoms with Crippen LogP contribution in [0.4, 0.5) is 0 Å². The number of ketones is 1. The molecule has 68 valence electrons. The Balaban J connectivity index is 2.56. The maximum absolute atomic E-state index is 11.7. The van der Waals surface area contributed by atoms with Crippen LogP contribution < -0.4 is 5.73 Å². The summed E-state index contributed by atoms with van der Waals surface area (Å²) in [5.41, 5.74) is 5.88. The first-order valence-corrected chi connectivity index (χ1v) is 4.66. The predicted octanol–water partition coefficient (Wildman–Crippen LogP) is 1.48. The van der Waals surface area contributed by atoms with Gasteiger partial charge in [-0.15, -0.1) is 0 Å². The van der Waals surface area contributed by atoms with E-state index in [1.165, 1.54) is 0 Å². The summed E-state index contributed by atoms with van der Waals surface area (Å²) < 4.78 is 0. The maximum atomic E-state index is 11.7. The summed E-state index contributed by atoms with van der Waals surface area (Å²) in [5.74, 6) is 0.376. The Bertz CT molecular complexity index is 259. The molecule has 2 fully saturated rings. The largest absolute Gasteiger partial charge is 0.324 e. The minimum absolute atomic E-state index is 0.00289. The van der Waals surface area contributed by atoms with E-state index >= 15 is 0 Å². The fourth-order valence-electron chi connectivity index (χ4n) is 2.93. The lowest BCUT2D eigenvalue weighted by molar-refractivity contribution is -0.128. The van der Waals surface area contributed by atoms with E-state index in [-0.39, 0.29) is 16.4 Å². The molecule has 2 unspecified atom stereocenters. The van der Waals surface area contributed by atoms with Crippen LogP contribution in [-0.4, -0.2) is 11.3 Å². The van der Waals surface area contributed by atoms with E-state index in [0.29, 0.717) is 12.2 Å². The van der Waals surface area contributed by atoms with Crippen LogP contribution in [0, 0.1) is 10.8 Å². The van der Waals surface area contributed by atoms with Gasteiger partial charge in [-0.3, -0.25) is 4.79 Å². The van der Waals surface area contributed by atoms with Crippen LogP contribution in [0.5, 0.6) is 0 Å². The zero-order valence-electron chi connectivity index (χ0n) is 8.11. The molecule has 2 N–H and O–H groups in total. The number of carbonyl (C=O) groups is 1. The van der Waals surface area contributed by atoms with Gasteiger partial charge in [0.15, 0.2) is 0 Å². The molecule has 2 heteroatoms. The van der Waals surface area contributed by atoms with Crippen molar-refractivity contribution in [2.75, 3.05) is 0 Å². The van der Waals surface area contributed by atoms with Crippen LogP contribution in [0.1, 0.15) is 40.0 Å². The molecular formula is C10H17NO. The quantitative estimate of drug-likeness (QED) is 0.594. The normalized spacial score (nSPS) is 50.2. The fraction of sp³-hybridized carbons (Fsp3) is 0.900. The highest BCUT2D eigenvalue weighted by Gasteiger charge is 2.68. The average Bonchev–Trinajstić information content (AvgIpc) is 2.18. The van der Waals surface area contributed by atoms with Crippen molar-refractivity contribution in [3.8, 4) is 0 Å². The molecule has 0 amide bonds. The smallest absolute Gasteiger partial charge is 0.141 e. The first-order chi connectivity index (χ1) is 5.33. The van der Waals surface area contributed by atoms with Gasteiger partial charge in [-0.05, 0) is 18.3 Å². The van der Waals surface area contributed by atoms with E-state index in [2.05, 4.69) is 20.8 Å². The third-order valence-electron chi connectivity index (χ3n) is 4.79. The summed E-state index contributed by atoms with van der Waals surface area (Å²) in [7, 11) is 0. The molecule has 2 atom stereocenters. The topological polar surface area (TPSA) is 43.1 Å². The second kappa shape index (κ2) is 1.77. The summed E-state index contributed by atoms with van der Waals surface area (Å²) >= 11 is 0. The number of hydrogen-bond donors (Lipinski definition) is 1. The van der Waals surface area contributed by atoms with Gasteiger partial charge in [0.1, 0.15) is 5.78 Å². The molecule has 2 rings (SSSR count). The number of rotatable bonds is 0. The molecule has 0 aromatic rings. The van der Waals surface area contributed by atoms with E-state index in [1.807, 2.05) is 0 Å². The van der Waals surface area contributed by atoms with E-state index in [4.69, 9.17) is 5.73 Å². The van der Waals surface area contributed by atoms with Gasteiger partial charge in [0.2, 0.25) is 0 Å². The Labute approximate surface area is 73.5 Å². The van der Waals surface area contributed by atoms with Crippen LogP contribution in [-0.2, 0) is 4.79 Å². The average molecular weight is 167 g/mol. The number of hydrogen-bond acceptors (Lipinski definition) is 2. The summed E-state index contributed by atoms with van der Waals surface area (Å²) in [6.07, 6.45) is 2.59. The lowest BCUT2D eigenvalue weighted by Crippen LogP contribution is -2.47. The third kappa shape index (κ3) is 0.565. The van der Waals surface area contributed by atoms with E-state index < -0.39 is 0 Å². The van der Waals surface area contributed by atoms with Crippen molar-refractivity contribution < 1.29 is 4.79 Å². The van der Waals surface area contributed by atoms with Gasteiger partial charge >= 0.3 is 0 Å². The van der Waals surface area contributed by atoms with Crippen molar-refractivity contribution in [1.82, 2.24) is 0 Å². The molecule has 0 aliphatic heterocycles. The van der Waals surface area contributed by atoms with Gasteiger partial charge in [-0.1, -0.05) is 20.8 Å². The molecule has 0 aromatic heterocycles. The van der Waals surface area contributed by atoms with Gasteiger partial charge in [-0.2, -0.15) is 0 Å². The Kier molecular flexibility index (Phi) is 1.21. The number of nitrogens with two attached hydrogens (primary N) is 1. The van der Waals surface area contributed by atoms with Crippen LogP contribution in [0.15, 0.2) is 0 Å². The Morgan fingerprint density at radius 2 is 1.83 bits per heavy atom. The van der Waals surface area contributed by atoms with Crippen LogP contribution in [0.3, 0.4) is 0 Å². The summed E-state index contributed by atoms with van der Waals surface area (Å²) in [5, 5.41) is 0. The molecule has 0 heterocycles. The first kappa shape index (κ1) is 8.24. The summed E-state index contributed by atoms with van der Waals surface area (Å²) in [6.45, 7) is 6.37. The number of carbonyl (C=O) groups excluding carboxylic acids is 1. The molecule has 0 radical (unpaired) electrons. The zero-order valence-corrected chi connectivity index (χ0v) is 8.11. The zero-order chi connectivity index (χ0) is 9.20. The van der Waals surface area contributed by atoms with Crippen molar-refractivity contribution in [2.45, 2.75) is 45.6 Å². The molecule has 2 aliphatic rings. The Hall–Kier alpha value is -0.370. The monoisotopic (exact) mass is 167 g/mol. The molecule has 2 bridgehead atoms. The number of fused-ring (bicyclic) bond motifs is 2. The van der Waals surface area contributed by atoms with Gasteiger partial charge < -0.3 is 5.73 Å².